The smallest absolute Gasteiger partial charge is 0.226 e. The van der Waals surface area contributed by atoms with Crippen molar-refractivity contribution in [1.29, 1.82) is 0 Å². The predicted molar refractivity (Wildman–Crippen MR) is 111 cm³/mol. The number of amides is 1. The first-order chi connectivity index (χ1) is 14.5. The topological polar surface area (TPSA) is 82.5 Å². The maximum absolute atomic E-state index is 13.4. The molecule has 3 heterocycles. The quantitative estimate of drug-likeness (QED) is 0.676. The van der Waals surface area contributed by atoms with Crippen LogP contribution in [0.1, 0.15) is 39.5 Å². The van der Waals surface area contributed by atoms with E-state index in [0.717, 1.165) is 22.5 Å². The summed E-state index contributed by atoms with van der Waals surface area (Å²) < 4.78 is 12.9. The van der Waals surface area contributed by atoms with Crippen molar-refractivity contribution in [2.75, 3.05) is 18.5 Å². The van der Waals surface area contributed by atoms with Gasteiger partial charge in [0.25, 0.3) is 0 Å². The molecule has 0 bridgehead atoms. The third-order valence-electron chi connectivity index (χ3n) is 5.49. The van der Waals surface area contributed by atoms with Crippen molar-refractivity contribution in [3.8, 4) is 17.2 Å². The number of anilines is 1. The summed E-state index contributed by atoms with van der Waals surface area (Å²) in [7, 11) is 0. The van der Waals surface area contributed by atoms with E-state index in [-0.39, 0.29) is 18.1 Å². The van der Waals surface area contributed by atoms with Crippen LogP contribution < -0.4 is 14.8 Å². The fourth-order valence-corrected chi connectivity index (χ4v) is 4.12. The van der Waals surface area contributed by atoms with Crippen LogP contribution in [0.5, 0.6) is 11.5 Å². The lowest BCUT2D eigenvalue weighted by Crippen LogP contribution is -2.28. The van der Waals surface area contributed by atoms with E-state index < -0.39 is 5.92 Å². The van der Waals surface area contributed by atoms with E-state index in [2.05, 4.69) is 10.4 Å². The van der Waals surface area contributed by atoms with Crippen LogP contribution in [0.4, 0.5) is 5.82 Å². The second-order valence-electron chi connectivity index (χ2n) is 7.63. The Labute approximate surface area is 173 Å². The Balaban J connectivity index is 1.57. The van der Waals surface area contributed by atoms with E-state index in [1.807, 2.05) is 38.1 Å². The van der Waals surface area contributed by atoms with E-state index in [4.69, 9.17) is 9.47 Å². The zero-order chi connectivity index (χ0) is 20.8. The second-order valence-corrected chi connectivity index (χ2v) is 7.63. The normalized spacial score (nSPS) is 17.3. The van der Waals surface area contributed by atoms with Crippen LogP contribution in [0, 0.1) is 13.8 Å². The Bertz CT molecular complexity index is 1180. The molecule has 1 amide bonds. The number of rotatable bonds is 3. The van der Waals surface area contributed by atoms with Crippen molar-refractivity contribution in [2.45, 2.75) is 26.2 Å². The molecule has 7 nitrogen and oxygen atoms in total. The zero-order valence-corrected chi connectivity index (χ0v) is 16.8. The minimum Gasteiger partial charge on any atom is -0.486 e. The van der Waals surface area contributed by atoms with Gasteiger partial charge in [0.15, 0.2) is 17.3 Å². The summed E-state index contributed by atoms with van der Waals surface area (Å²) in [5.74, 6) is 0.811. The molecule has 2 aromatic carbocycles. The molecule has 0 spiro atoms. The van der Waals surface area contributed by atoms with Crippen molar-refractivity contribution < 1.29 is 19.1 Å². The molecule has 0 radical (unpaired) electrons. The lowest BCUT2D eigenvalue weighted by atomic mass is 9.85. The van der Waals surface area contributed by atoms with Gasteiger partial charge < -0.3 is 14.8 Å². The van der Waals surface area contributed by atoms with Crippen LogP contribution in [0.25, 0.3) is 5.69 Å². The van der Waals surface area contributed by atoms with E-state index in [1.54, 1.807) is 22.9 Å². The molecule has 3 aromatic rings. The van der Waals surface area contributed by atoms with E-state index >= 15 is 0 Å². The van der Waals surface area contributed by atoms with Gasteiger partial charge in [0, 0.05) is 17.5 Å². The van der Waals surface area contributed by atoms with Gasteiger partial charge in [0.1, 0.15) is 19.0 Å². The van der Waals surface area contributed by atoms with Gasteiger partial charge in [-0.15, -0.1) is 0 Å². The molecular weight excluding hydrogens is 382 g/mol. The second kappa shape index (κ2) is 7.02. The summed E-state index contributed by atoms with van der Waals surface area (Å²) in [5, 5.41) is 7.56. The summed E-state index contributed by atoms with van der Waals surface area (Å²) >= 11 is 0. The lowest BCUT2D eigenvalue weighted by molar-refractivity contribution is -0.116. The number of aryl methyl sites for hydroxylation is 2. The standard InChI is InChI=1S/C23H21N3O4/c1-13-4-3-5-16(10-13)26-23-21(14(2)25-26)17(12-20(27)24-23)22(28)15-6-7-18-19(11-15)30-9-8-29-18/h3-7,10-11,17H,8-9,12H2,1-2H3,(H,24,27)/t17-/m0/s1. The van der Waals surface area contributed by atoms with Crippen LogP contribution >= 0.6 is 0 Å². The lowest BCUT2D eigenvalue weighted by Gasteiger charge is -2.24. The molecule has 7 heteroatoms. The summed E-state index contributed by atoms with van der Waals surface area (Å²) in [6.07, 6.45) is 0.0840. The predicted octanol–water partition coefficient (Wildman–Crippen LogP) is 3.57. The van der Waals surface area contributed by atoms with Gasteiger partial charge in [-0.1, -0.05) is 12.1 Å². The van der Waals surface area contributed by atoms with Gasteiger partial charge in [-0.05, 0) is 49.7 Å². The molecule has 0 fully saturated rings. The van der Waals surface area contributed by atoms with Gasteiger partial charge in [-0.25, -0.2) is 4.68 Å². The molecule has 1 atom stereocenters. The highest BCUT2D eigenvalue weighted by atomic mass is 16.6. The maximum atomic E-state index is 13.4. The number of carbonyl (C=O) groups excluding carboxylic acids is 2. The minimum atomic E-state index is -0.602. The molecule has 0 saturated heterocycles. The first-order valence-corrected chi connectivity index (χ1v) is 9.91. The van der Waals surface area contributed by atoms with Gasteiger partial charge >= 0.3 is 0 Å². The third kappa shape index (κ3) is 3.03. The monoisotopic (exact) mass is 403 g/mol. The molecule has 1 N–H and O–H groups in total. The van der Waals surface area contributed by atoms with E-state index in [1.165, 1.54) is 0 Å². The molecule has 0 aliphatic carbocycles. The summed E-state index contributed by atoms with van der Waals surface area (Å²) in [6, 6.07) is 13.0. The molecule has 1 aromatic heterocycles. The molecule has 0 saturated carbocycles. The SMILES string of the molecule is Cc1cccc(-n2nc(C)c3c2NC(=O)C[C@@H]3C(=O)c2ccc3c(c2)OCCO3)c1. The highest BCUT2D eigenvalue weighted by Gasteiger charge is 2.36. The van der Waals surface area contributed by atoms with Gasteiger partial charge in [-0.3, -0.25) is 9.59 Å². The van der Waals surface area contributed by atoms with Crippen molar-refractivity contribution in [3.63, 3.8) is 0 Å². The van der Waals surface area contributed by atoms with Gasteiger partial charge in [-0.2, -0.15) is 5.10 Å². The van der Waals surface area contributed by atoms with Gasteiger partial charge in [0.2, 0.25) is 5.91 Å². The number of fused-ring (bicyclic) bond motifs is 2. The largest absolute Gasteiger partial charge is 0.486 e. The van der Waals surface area contributed by atoms with Crippen LogP contribution in [0.3, 0.4) is 0 Å². The molecular formula is C23H21N3O4. The van der Waals surface area contributed by atoms with E-state index in [0.29, 0.717) is 36.1 Å². The van der Waals surface area contributed by atoms with Crippen molar-refractivity contribution in [1.82, 2.24) is 9.78 Å². The fourth-order valence-electron chi connectivity index (χ4n) is 4.12. The Kier molecular flexibility index (Phi) is 4.31. The Hall–Kier alpha value is -3.61. The number of Topliss-reactive ketones (excluding diaryl/α,β-unsaturated/α-hetero) is 1. The molecule has 30 heavy (non-hydrogen) atoms. The average Bonchev–Trinajstić information content (AvgIpc) is 3.08. The maximum Gasteiger partial charge on any atom is 0.226 e. The zero-order valence-electron chi connectivity index (χ0n) is 16.8. The van der Waals surface area contributed by atoms with Crippen molar-refractivity contribution >= 4 is 17.5 Å². The van der Waals surface area contributed by atoms with Crippen LogP contribution in [0.15, 0.2) is 42.5 Å². The molecule has 2 aliphatic heterocycles. The Morgan fingerprint density at radius 3 is 2.70 bits per heavy atom. The Morgan fingerprint density at radius 2 is 1.90 bits per heavy atom. The van der Waals surface area contributed by atoms with Crippen LogP contribution in [-0.2, 0) is 4.79 Å². The molecule has 0 unspecified atom stereocenters. The number of hydrogen-bond donors (Lipinski definition) is 1. The summed E-state index contributed by atoms with van der Waals surface area (Å²) in [4.78, 5) is 25.9. The fraction of sp³-hybridized carbons (Fsp3) is 0.261. The number of ether oxygens (including phenoxy) is 2. The number of aromatic nitrogens is 2. The molecule has 5 rings (SSSR count). The van der Waals surface area contributed by atoms with Crippen molar-refractivity contribution in [2.24, 2.45) is 0 Å². The summed E-state index contributed by atoms with van der Waals surface area (Å²) in [6.45, 7) is 4.80. The number of ketones is 1. The number of hydrogen-bond acceptors (Lipinski definition) is 5. The first kappa shape index (κ1) is 18.4. The number of carbonyl (C=O) groups is 2. The minimum absolute atomic E-state index is 0.0840. The highest BCUT2D eigenvalue weighted by Crippen LogP contribution is 2.39. The van der Waals surface area contributed by atoms with Crippen molar-refractivity contribution in [3.05, 3.63) is 64.8 Å². The number of benzene rings is 2. The van der Waals surface area contributed by atoms with E-state index in [9.17, 15) is 9.59 Å². The molecule has 152 valence electrons. The number of nitrogens with zero attached hydrogens (tertiary/aromatic N) is 2. The van der Waals surface area contributed by atoms with Gasteiger partial charge in [0.05, 0.1) is 17.3 Å². The Morgan fingerprint density at radius 1 is 1.10 bits per heavy atom. The third-order valence-corrected chi connectivity index (χ3v) is 5.49. The highest BCUT2D eigenvalue weighted by molar-refractivity contribution is 6.08. The number of nitrogens with one attached hydrogen (secondary N) is 1. The first-order valence-electron chi connectivity index (χ1n) is 9.91. The van der Waals surface area contributed by atoms with Crippen LogP contribution in [0.2, 0.25) is 0 Å². The van der Waals surface area contributed by atoms with Crippen LogP contribution in [-0.4, -0.2) is 34.7 Å². The average molecular weight is 403 g/mol. The molecule has 2 aliphatic rings. The summed E-state index contributed by atoms with van der Waals surface area (Å²) in [5.41, 5.74) is 3.90.